The SMILES string of the molecule is CCC(CSC)N(C)C(=O)C1NCCC1C. The van der Waals surface area contributed by atoms with Gasteiger partial charge in [0, 0.05) is 18.8 Å². The van der Waals surface area contributed by atoms with E-state index in [1.54, 1.807) is 0 Å². The summed E-state index contributed by atoms with van der Waals surface area (Å²) in [4.78, 5) is 14.2. The van der Waals surface area contributed by atoms with Gasteiger partial charge in [0.15, 0.2) is 0 Å². The van der Waals surface area contributed by atoms with Crippen LogP contribution in [-0.4, -0.2) is 48.5 Å². The molecule has 0 aliphatic carbocycles. The molecule has 0 aromatic rings. The van der Waals surface area contributed by atoms with E-state index in [1.807, 2.05) is 23.7 Å². The van der Waals surface area contributed by atoms with Gasteiger partial charge in [0.25, 0.3) is 0 Å². The molecule has 1 heterocycles. The number of amides is 1. The van der Waals surface area contributed by atoms with Gasteiger partial charge in [0.05, 0.1) is 6.04 Å². The van der Waals surface area contributed by atoms with Crippen molar-refractivity contribution in [3.63, 3.8) is 0 Å². The largest absolute Gasteiger partial charge is 0.341 e. The number of hydrogen-bond acceptors (Lipinski definition) is 3. The van der Waals surface area contributed by atoms with Crippen LogP contribution in [0.4, 0.5) is 0 Å². The first kappa shape index (κ1) is 13.8. The monoisotopic (exact) mass is 244 g/mol. The molecule has 1 saturated heterocycles. The maximum absolute atomic E-state index is 12.3. The fourth-order valence-electron chi connectivity index (χ4n) is 2.26. The lowest BCUT2D eigenvalue weighted by atomic mass is 10.0. The third-order valence-electron chi connectivity index (χ3n) is 3.52. The number of carbonyl (C=O) groups is 1. The second-order valence-corrected chi connectivity index (χ2v) is 5.57. The summed E-state index contributed by atoms with van der Waals surface area (Å²) in [7, 11) is 1.94. The standard InChI is InChI=1S/C12H24N2OS/c1-5-10(8-16-4)14(3)12(15)11-9(2)6-7-13-11/h9-11,13H,5-8H2,1-4H3. The number of nitrogens with zero attached hydrogens (tertiary/aromatic N) is 1. The minimum Gasteiger partial charge on any atom is -0.341 e. The molecule has 3 atom stereocenters. The third kappa shape index (κ3) is 3.14. The molecule has 94 valence electrons. The van der Waals surface area contributed by atoms with E-state index in [0.29, 0.717) is 12.0 Å². The lowest BCUT2D eigenvalue weighted by molar-refractivity contribution is -0.134. The van der Waals surface area contributed by atoms with Crippen LogP contribution in [0.15, 0.2) is 0 Å². The van der Waals surface area contributed by atoms with Crippen LogP contribution >= 0.6 is 11.8 Å². The lowest BCUT2D eigenvalue weighted by Gasteiger charge is -2.30. The Morgan fingerprint density at radius 2 is 2.31 bits per heavy atom. The minimum atomic E-state index is 0.0425. The van der Waals surface area contributed by atoms with Crippen LogP contribution < -0.4 is 5.32 Å². The topological polar surface area (TPSA) is 32.3 Å². The average Bonchev–Trinajstić information content (AvgIpc) is 2.70. The van der Waals surface area contributed by atoms with Crippen molar-refractivity contribution in [2.45, 2.75) is 38.8 Å². The van der Waals surface area contributed by atoms with Crippen molar-refractivity contribution in [2.24, 2.45) is 5.92 Å². The zero-order chi connectivity index (χ0) is 12.1. The van der Waals surface area contributed by atoms with Crippen LogP contribution in [0.1, 0.15) is 26.7 Å². The first-order chi connectivity index (χ1) is 7.61. The Labute approximate surface area is 103 Å². The first-order valence-corrected chi connectivity index (χ1v) is 7.50. The quantitative estimate of drug-likeness (QED) is 0.797. The highest BCUT2D eigenvalue weighted by Gasteiger charge is 2.33. The Bertz CT molecular complexity index is 235. The fraction of sp³-hybridized carbons (Fsp3) is 0.917. The number of carbonyl (C=O) groups excluding carboxylic acids is 1. The summed E-state index contributed by atoms with van der Waals surface area (Å²) in [6.45, 7) is 5.28. The minimum absolute atomic E-state index is 0.0425. The highest BCUT2D eigenvalue weighted by molar-refractivity contribution is 7.98. The van der Waals surface area contributed by atoms with Crippen molar-refractivity contribution in [3.8, 4) is 0 Å². The molecule has 1 aliphatic heterocycles. The molecule has 3 unspecified atom stereocenters. The summed E-state index contributed by atoms with van der Waals surface area (Å²) in [6, 6.07) is 0.415. The molecule has 0 saturated carbocycles. The number of hydrogen-bond donors (Lipinski definition) is 1. The molecule has 1 rings (SSSR count). The zero-order valence-electron chi connectivity index (χ0n) is 10.8. The summed E-state index contributed by atoms with van der Waals surface area (Å²) in [5, 5.41) is 3.31. The molecule has 3 nitrogen and oxygen atoms in total. The molecule has 0 aromatic heterocycles. The van der Waals surface area contributed by atoms with Gasteiger partial charge < -0.3 is 10.2 Å². The van der Waals surface area contributed by atoms with Crippen LogP contribution in [0.25, 0.3) is 0 Å². The molecule has 1 aliphatic rings. The molecule has 1 fully saturated rings. The predicted octanol–water partition coefficient (Wildman–Crippen LogP) is 1.58. The van der Waals surface area contributed by atoms with Gasteiger partial charge in [-0.2, -0.15) is 11.8 Å². The molecule has 4 heteroatoms. The first-order valence-electron chi connectivity index (χ1n) is 6.10. The van der Waals surface area contributed by atoms with E-state index < -0.39 is 0 Å². The van der Waals surface area contributed by atoms with Gasteiger partial charge in [0.2, 0.25) is 5.91 Å². The summed E-state index contributed by atoms with van der Waals surface area (Å²) in [5.74, 6) is 1.77. The normalized spacial score (nSPS) is 26.8. The lowest BCUT2D eigenvalue weighted by Crippen LogP contribution is -2.48. The maximum atomic E-state index is 12.3. The van der Waals surface area contributed by atoms with Crippen molar-refractivity contribution in [1.29, 1.82) is 0 Å². The van der Waals surface area contributed by atoms with Crippen LogP contribution in [0.5, 0.6) is 0 Å². The van der Waals surface area contributed by atoms with Gasteiger partial charge in [-0.1, -0.05) is 13.8 Å². The molecular weight excluding hydrogens is 220 g/mol. The highest BCUT2D eigenvalue weighted by atomic mass is 32.2. The van der Waals surface area contributed by atoms with Gasteiger partial charge >= 0.3 is 0 Å². The number of nitrogens with one attached hydrogen (secondary N) is 1. The molecule has 16 heavy (non-hydrogen) atoms. The van der Waals surface area contributed by atoms with Crippen molar-refractivity contribution < 1.29 is 4.79 Å². The number of thioether (sulfide) groups is 1. The van der Waals surface area contributed by atoms with Gasteiger partial charge in [0.1, 0.15) is 0 Å². The zero-order valence-corrected chi connectivity index (χ0v) is 11.6. The molecule has 1 amide bonds. The van der Waals surface area contributed by atoms with Crippen LogP contribution in [0.2, 0.25) is 0 Å². The Morgan fingerprint density at radius 1 is 1.62 bits per heavy atom. The number of likely N-dealkylation sites (N-methyl/N-ethyl adjacent to an activating group) is 1. The molecular formula is C12H24N2OS. The van der Waals surface area contributed by atoms with E-state index in [2.05, 4.69) is 25.4 Å². The van der Waals surface area contributed by atoms with E-state index in [4.69, 9.17) is 0 Å². The Balaban J connectivity index is 2.57. The van der Waals surface area contributed by atoms with E-state index in [0.717, 1.165) is 25.1 Å². The fourth-order valence-corrected chi connectivity index (χ4v) is 3.10. The molecule has 0 spiro atoms. The Kier molecular flexibility index (Phi) is 5.62. The highest BCUT2D eigenvalue weighted by Crippen LogP contribution is 2.18. The molecule has 0 radical (unpaired) electrons. The van der Waals surface area contributed by atoms with Gasteiger partial charge in [-0.25, -0.2) is 0 Å². The van der Waals surface area contributed by atoms with E-state index in [1.165, 1.54) is 0 Å². The van der Waals surface area contributed by atoms with Crippen LogP contribution in [0.3, 0.4) is 0 Å². The maximum Gasteiger partial charge on any atom is 0.240 e. The average molecular weight is 244 g/mol. The predicted molar refractivity (Wildman–Crippen MR) is 70.8 cm³/mol. The second-order valence-electron chi connectivity index (χ2n) is 4.66. The molecule has 1 N–H and O–H groups in total. The van der Waals surface area contributed by atoms with Gasteiger partial charge in [-0.05, 0) is 31.6 Å². The summed E-state index contributed by atoms with van der Waals surface area (Å²) in [5.41, 5.74) is 0. The summed E-state index contributed by atoms with van der Waals surface area (Å²) in [6.07, 6.45) is 4.24. The number of rotatable bonds is 5. The molecule has 0 bridgehead atoms. The van der Waals surface area contributed by atoms with Crippen LogP contribution in [0, 0.1) is 5.92 Å². The van der Waals surface area contributed by atoms with Gasteiger partial charge in [-0.3, -0.25) is 4.79 Å². The van der Waals surface area contributed by atoms with Gasteiger partial charge in [-0.15, -0.1) is 0 Å². The van der Waals surface area contributed by atoms with E-state index in [-0.39, 0.29) is 11.9 Å². The Hall–Kier alpha value is -0.220. The van der Waals surface area contributed by atoms with Crippen molar-refractivity contribution >= 4 is 17.7 Å². The van der Waals surface area contributed by atoms with Crippen molar-refractivity contribution in [2.75, 3.05) is 25.6 Å². The Morgan fingerprint density at radius 3 is 2.75 bits per heavy atom. The summed E-state index contributed by atoms with van der Waals surface area (Å²) >= 11 is 1.81. The second kappa shape index (κ2) is 6.50. The third-order valence-corrected chi connectivity index (χ3v) is 4.24. The van der Waals surface area contributed by atoms with Crippen LogP contribution in [-0.2, 0) is 4.79 Å². The van der Waals surface area contributed by atoms with Crippen molar-refractivity contribution in [3.05, 3.63) is 0 Å². The van der Waals surface area contributed by atoms with E-state index in [9.17, 15) is 4.79 Å². The summed E-state index contributed by atoms with van der Waals surface area (Å²) < 4.78 is 0. The van der Waals surface area contributed by atoms with Crippen molar-refractivity contribution in [1.82, 2.24) is 10.2 Å². The molecule has 0 aromatic carbocycles. The smallest absolute Gasteiger partial charge is 0.240 e. The van der Waals surface area contributed by atoms with E-state index >= 15 is 0 Å².